The molecule has 0 aliphatic carbocycles. The average Bonchev–Trinajstić information content (AvgIpc) is 0.714. The van der Waals surface area contributed by atoms with Crippen molar-refractivity contribution in [2.45, 2.75) is 352 Å². The summed E-state index contributed by atoms with van der Waals surface area (Å²) in [7, 11) is 0. The lowest BCUT2D eigenvalue weighted by Crippen LogP contribution is -2.10. The van der Waals surface area contributed by atoms with Gasteiger partial charge in [0.2, 0.25) is 0 Å². The summed E-state index contributed by atoms with van der Waals surface area (Å²) in [6, 6.07) is 103. The first-order chi connectivity index (χ1) is 72.7. The van der Waals surface area contributed by atoms with Gasteiger partial charge in [-0.2, -0.15) is 0 Å². The smallest absolute Gasteiger partial charge is 0.00209 e. The van der Waals surface area contributed by atoms with E-state index in [0.29, 0.717) is 0 Å². The standard InChI is InChI=1S/C34H34.2C32H46.C28H22.C24H30/c1-19-9-11-27-29(17-19)33(31-23(5)13-21(3)14-24(31)6)28-12-10-20(2)18-30(28)34(27)32-25(7)15-22(4)16-26(32)8;1-7-11-15-25(9-3)19-27-21-31-23(5)29-17-13-14-18-30(29)24(6)32(31)22-28(27)20-26(10-4)16-12-8-2;1-5-7-9-11-13-15-17-27-19-21-29-26(4)32-24-28(18-16-14-12-10-8-6-2)20-22-30(32)25(3)31(29)23-27;1-19-13-15-23-25(17-19)27(21-9-5-3-6-10-21)24-16-14-20(2)18-26(24)28(23)22-11-7-4-8-12-22;1-5-7-10-19(6-2)15-20-13-14-23-17(3)21-11-8-9-12-22(21)18(4)24(23)16-20/h9-18H,1-8H3;13-14,17-18,21-22,25-26H,7-12,15-16,19-20H2,1-6H3;19-24H,5-18H2,1-4H3;3-18H,1-2H3;8-9,11-14,16,19H,5-7,10,15H2,1-4H3. The maximum Gasteiger partial charge on any atom is -0.00209 e. The molecule has 3 atom stereocenters. The molecule has 3 unspecified atom stereocenters. The van der Waals surface area contributed by atoms with E-state index in [-0.39, 0.29) is 0 Å². The Labute approximate surface area is 905 Å². The van der Waals surface area contributed by atoms with Crippen molar-refractivity contribution in [2.75, 3.05) is 0 Å². The quantitative estimate of drug-likeness (QED) is 0.0271. The van der Waals surface area contributed by atoms with Crippen LogP contribution in [0.3, 0.4) is 0 Å². The summed E-state index contributed by atoms with van der Waals surface area (Å²) in [6.07, 6.45) is 38.5. The molecule has 19 aromatic carbocycles. The van der Waals surface area contributed by atoms with E-state index in [1.165, 1.54) is 444 Å². The maximum absolute atomic E-state index is 2.60. The highest BCUT2D eigenvalue weighted by atomic mass is 14.3. The van der Waals surface area contributed by atoms with Crippen molar-refractivity contribution in [3.8, 4) is 44.5 Å². The first-order valence-corrected chi connectivity index (χ1v) is 58.7. The molecule has 150 heavy (non-hydrogen) atoms. The molecule has 0 nitrogen and oxygen atoms in total. The van der Waals surface area contributed by atoms with Gasteiger partial charge in [-0.05, 0) is 409 Å². The van der Waals surface area contributed by atoms with Crippen molar-refractivity contribution in [1.29, 1.82) is 0 Å². The van der Waals surface area contributed by atoms with Crippen LogP contribution in [0.5, 0.6) is 0 Å². The van der Waals surface area contributed by atoms with Crippen LogP contribution in [0.25, 0.3) is 152 Å². The SMILES string of the molecule is CCCCC(CC)Cc1cc2c(C)c3ccccc3c(C)c2cc1CC(CC)CCCC.CCCCC(CC)Cc1ccc2c(C)c3ccccc3c(C)c2c1.CCCCCCCCc1ccc2c(C)c3cc(CCCCCCCC)ccc3c(C)c2c1.Cc1cc(C)c(-c2c3ccc(C)cc3c(-c3c(C)cc(C)cc3C)c3ccc(C)cc23)c(C)c1.Cc1ccc2c(-c3ccccc3)c3cc(C)ccc3c(-c3ccccc3)c2c1. The molecule has 0 bridgehead atoms. The average molecular weight is 1980 g/mol. The van der Waals surface area contributed by atoms with Crippen molar-refractivity contribution in [1.82, 2.24) is 0 Å². The van der Waals surface area contributed by atoms with Crippen molar-refractivity contribution in [3.05, 3.63) is 390 Å². The number of rotatable bonds is 36. The van der Waals surface area contributed by atoms with Gasteiger partial charge in [0.25, 0.3) is 0 Å². The predicted octanol–water partition coefficient (Wildman–Crippen LogP) is 45.7. The number of aryl methyl sites for hydroxylation is 18. The molecule has 0 fully saturated rings. The van der Waals surface area contributed by atoms with Gasteiger partial charge in [-0.15, -0.1) is 0 Å². The Morgan fingerprint density at radius 3 is 0.727 bits per heavy atom. The van der Waals surface area contributed by atoms with Crippen molar-refractivity contribution in [2.24, 2.45) is 17.8 Å². The molecule has 0 saturated carbocycles. The molecule has 19 aromatic rings. The minimum absolute atomic E-state index is 0.809. The van der Waals surface area contributed by atoms with Crippen LogP contribution in [-0.2, 0) is 32.1 Å². The van der Waals surface area contributed by atoms with Gasteiger partial charge in [0.15, 0.2) is 0 Å². The summed E-state index contributed by atoms with van der Waals surface area (Å²) in [5, 5.41) is 27.9. The van der Waals surface area contributed by atoms with E-state index >= 15 is 0 Å². The highest BCUT2D eigenvalue weighted by Crippen LogP contribution is 2.50. The number of benzene rings is 19. The van der Waals surface area contributed by atoms with Crippen LogP contribution in [0.4, 0.5) is 0 Å². The van der Waals surface area contributed by atoms with Crippen LogP contribution in [0.15, 0.2) is 273 Å². The fourth-order valence-electron chi connectivity index (χ4n) is 25.4. The zero-order valence-electron chi connectivity index (χ0n) is 96.7. The van der Waals surface area contributed by atoms with Gasteiger partial charge in [0, 0.05) is 0 Å². The molecule has 0 aliphatic heterocycles. The second-order valence-electron chi connectivity index (χ2n) is 45.5. The molecule has 0 radical (unpaired) electrons. The Bertz CT molecular complexity index is 7440. The molecular formula is C150H178. The van der Waals surface area contributed by atoms with E-state index in [9.17, 15) is 0 Å². The Morgan fingerprint density at radius 2 is 0.413 bits per heavy atom. The third-order valence-electron chi connectivity index (χ3n) is 33.9. The Kier molecular flexibility index (Phi) is 39.7. The van der Waals surface area contributed by atoms with Gasteiger partial charge in [0.1, 0.15) is 0 Å². The molecule has 0 amide bonds. The summed E-state index contributed by atoms with van der Waals surface area (Å²) >= 11 is 0. The Morgan fingerprint density at radius 1 is 0.167 bits per heavy atom. The first-order valence-electron chi connectivity index (χ1n) is 58.7. The monoisotopic (exact) mass is 1980 g/mol. The summed E-state index contributed by atoms with van der Waals surface area (Å²) in [5.74, 6) is 2.44. The minimum Gasteiger partial charge on any atom is -0.0654 e. The third-order valence-corrected chi connectivity index (χ3v) is 33.9. The molecule has 0 N–H and O–H groups in total. The topological polar surface area (TPSA) is 0 Å². The van der Waals surface area contributed by atoms with Gasteiger partial charge in [0.05, 0.1) is 0 Å². The fraction of sp³-hybridized carbons (Fsp3) is 0.373. The molecular weight excluding hydrogens is 1800 g/mol. The van der Waals surface area contributed by atoms with Crippen molar-refractivity contribution in [3.63, 3.8) is 0 Å². The number of fused-ring (bicyclic) bond motifs is 10. The van der Waals surface area contributed by atoms with Crippen molar-refractivity contribution >= 4 is 108 Å². The molecule has 0 spiro atoms. The van der Waals surface area contributed by atoms with Crippen LogP contribution in [0.2, 0.25) is 0 Å². The minimum atomic E-state index is 0.809. The van der Waals surface area contributed by atoms with E-state index in [1.54, 1.807) is 11.1 Å². The van der Waals surface area contributed by atoms with Crippen LogP contribution in [0.1, 0.15) is 326 Å². The number of hydrogen-bond acceptors (Lipinski definition) is 0. The number of hydrogen-bond donors (Lipinski definition) is 0. The van der Waals surface area contributed by atoms with Gasteiger partial charge in [-0.1, -0.05) is 503 Å². The second-order valence-corrected chi connectivity index (χ2v) is 45.5. The van der Waals surface area contributed by atoms with Gasteiger partial charge in [-0.3, -0.25) is 0 Å². The lowest BCUT2D eigenvalue weighted by atomic mass is 9.80. The number of unbranched alkanes of at least 4 members (excludes halogenated alkanes) is 13. The molecule has 778 valence electrons. The predicted molar refractivity (Wildman–Crippen MR) is 670 cm³/mol. The van der Waals surface area contributed by atoms with Gasteiger partial charge in [-0.25, -0.2) is 0 Å². The van der Waals surface area contributed by atoms with E-state index < -0.39 is 0 Å². The van der Waals surface area contributed by atoms with E-state index in [1.807, 2.05) is 0 Å². The molecule has 0 aromatic heterocycles. The zero-order chi connectivity index (χ0) is 106. The summed E-state index contributed by atoms with van der Waals surface area (Å²) in [6.45, 7) is 54.7. The maximum atomic E-state index is 2.60. The summed E-state index contributed by atoms with van der Waals surface area (Å²) in [4.78, 5) is 0. The molecule has 0 saturated heterocycles. The zero-order valence-corrected chi connectivity index (χ0v) is 96.7. The highest BCUT2D eigenvalue weighted by Gasteiger charge is 2.26. The van der Waals surface area contributed by atoms with Crippen LogP contribution >= 0.6 is 0 Å². The third kappa shape index (κ3) is 26.2. The van der Waals surface area contributed by atoms with Gasteiger partial charge < -0.3 is 0 Å². The largest absolute Gasteiger partial charge is 0.0654 e. The first kappa shape index (κ1) is 112. The molecule has 19 rings (SSSR count). The second kappa shape index (κ2) is 53.2. The summed E-state index contributed by atoms with van der Waals surface area (Å²) < 4.78 is 0. The molecule has 0 heterocycles. The molecule has 0 aliphatic rings. The van der Waals surface area contributed by atoms with Crippen LogP contribution in [0, 0.1) is 129 Å². The van der Waals surface area contributed by atoms with Gasteiger partial charge >= 0.3 is 0 Å². The lowest BCUT2D eigenvalue weighted by Gasteiger charge is -2.23. The van der Waals surface area contributed by atoms with E-state index in [4.69, 9.17) is 0 Å². The lowest BCUT2D eigenvalue weighted by molar-refractivity contribution is 0.434. The van der Waals surface area contributed by atoms with Crippen LogP contribution in [-0.4, -0.2) is 0 Å². The van der Waals surface area contributed by atoms with E-state index in [0.717, 1.165) is 17.8 Å². The van der Waals surface area contributed by atoms with Crippen molar-refractivity contribution < 1.29 is 0 Å². The van der Waals surface area contributed by atoms with Crippen LogP contribution < -0.4 is 0 Å². The highest BCUT2D eigenvalue weighted by molar-refractivity contribution is 6.24. The Balaban J connectivity index is 0.000000141. The normalized spacial score (nSPS) is 12.2. The Hall–Kier alpha value is -12.2. The van der Waals surface area contributed by atoms with E-state index in [2.05, 4.69) is 439 Å². The summed E-state index contributed by atoms with van der Waals surface area (Å²) in [5.41, 5.74) is 40.3. The fourth-order valence-corrected chi connectivity index (χ4v) is 25.4. The molecule has 0 heteroatoms.